The molecule has 0 aliphatic carbocycles. The van der Waals surface area contributed by atoms with Gasteiger partial charge in [0.25, 0.3) is 6.33 Å². The van der Waals surface area contributed by atoms with Gasteiger partial charge < -0.3 is 26.5 Å². The normalized spacial score (nSPS) is 13.2. The summed E-state index contributed by atoms with van der Waals surface area (Å²) in [5.41, 5.74) is 17.2. The summed E-state index contributed by atoms with van der Waals surface area (Å²) < 4.78 is 3.60. The number of hydrogen-bond acceptors (Lipinski definition) is 7. The molecule has 1 aromatic rings. The second kappa shape index (κ2) is 11.3. The summed E-state index contributed by atoms with van der Waals surface area (Å²) in [5.74, 6) is -2.18. The second-order valence-corrected chi connectivity index (χ2v) is 5.91. The molecule has 1 rings (SSSR count). The maximum atomic E-state index is 10.6. The van der Waals surface area contributed by atoms with Crippen LogP contribution in [0.5, 0.6) is 0 Å². The number of aromatic nitrogens is 2. The van der Waals surface area contributed by atoms with Crippen molar-refractivity contribution >= 4 is 11.9 Å². The molecule has 0 amide bonds. The minimum Gasteiger partial charge on any atom is -0.548 e. The molecule has 0 radical (unpaired) electrons. The molecule has 0 saturated carbocycles. The fourth-order valence-electron chi connectivity index (χ4n) is 2.18. The highest BCUT2D eigenvalue weighted by atomic mass is 16.4. The second-order valence-electron chi connectivity index (χ2n) is 5.91. The predicted octanol–water partition coefficient (Wildman–Crippen LogP) is -2.31. The number of aliphatic carboxylic acids is 2. The van der Waals surface area contributed by atoms with Crippen LogP contribution in [0.4, 0.5) is 0 Å². The van der Waals surface area contributed by atoms with E-state index in [1.807, 2.05) is 18.7 Å². The zero-order valence-electron chi connectivity index (χ0n) is 14.3. The standard InChI is InChI=1S/C15H28N6O4/c16-12(14(22)23)5-1-3-7-18-20-9-10-21(11-20)19-8-4-2-6-13(17)15(24)25/h9-13,18-19H,1-8,16-17H2,(H-,22,23,24,25)/t12-,13-/m0/s1. The highest BCUT2D eigenvalue weighted by molar-refractivity contribution is 5.72. The van der Waals surface area contributed by atoms with Gasteiger partial charge in [-0.15, -0.1) is 9.35 Å². The van der Waals surface area contributed by atoms with Crippen LogP contribution in [-0.4, -0.2) is 46.9 Å². The average molecular weight is 356 g/mol. The fourth-order valence-corrected chi connectivity index (χ4v) is 2.18. The number of carboxylic acids is 2. The van der Waals surface area contributed by atoms with Gasteiger partial charge in [0.05, 0.1) is 19.1 Å². The van der Waals surface area contributed by atoms with Crippen LogP contribution in [0.3, 0.4) is 0 Å². The van der Waals surface area contributed by atoms with E-state index >= 15 is 0 Å². The number of imidazole rings is 1. The smallest absolute Gasteiger partial charge is 0.320 e. The van der Waals surface area contributed by atoms with Gasteiger partial charge >= 0.3 is 5.97 Å². The van der Waals surface area contributed by atoms with E-state index in [-0.39, 0.29) is 0 Å². The van der Waals surface area contributed by atoms with Crippen molar-refractivity contribution in [1.82, 2.24) is 4.68 Å². The quantitative estimate of drug-likeness (QED) is 0.183. The van der Waals surface area contributed by atoms with Crippen LogP contribution in [0, 0.1) is 0 Å². The molecule has 2 atom stereocenters. The molecule has 10 nitrogen and oxygen atoms in total. The number of rotatable bonds is 14. The number of carbonyl (C=O) groups excluding carboxylic acids is 1. The van der Waals surface area contributed by atoms with Crippen LogP contribution >= 0.6 is 0 Å². The Morgan fingerprint density at radius 3 is 2.40 bits per heavy atom. The van der Waals surface area contributed by atoms with Gasteiger partial charge in [-0.05, 0) is 38.5 Å². The molecule has 0 aliphatic rings. The summed E-state index contributed by atoms with van der Waals surface area (Å²) in [6.07, 6.45) is 9.47. The summed E-state index contributed by atoms with van der Waals surface area (Å²) in [6.45, 7) is 1.41. The van der Waals surface area contributed by atoms with Crippen LogP contribution < -0.4 is 32.1 Å². The Balaban J connectivity index is 2.09. The molecular weight excluding hydrogens is 328 g/mol. The van der Waals surface area contributed by atoms with Crippen LogP contribution in [0.25, 0.3) is 0 Å². The number of hydrogen-bond donors (Lipinski definition) is 5. The molecule has 0 fully saturated rings. The Morgan fingerprint density at radius 2 is 1.76 bits per heavy atom. The monoisotopic (exact) mass is 356 g/mol. The molecule has 0 aliphatic heterocycles. The SMILES string of the molecule is N[C@@H](CCCCNn1cc[n+](NCCCC[C@H](N)C(=O)O)c1)C(=O)[O-]. The first kappa shape index (κ1) is 20.7. The Morgan fingerprint density at radius 1 is 1.12 bits per heavy atom. The number of carboxylic acid groups (broad SMARTS) is 2. The van der Waals surface area contributed by atoms with Gasteiger partial charge in [0.2, 0.25) is 0 Å². The highest BCUT2D eigenvalue weighted by Gasteiger charge is 2.10. The molecule has 1 heterocycles. The van der Waals surface area contributed by atoms with E-state index in [0.717, 1.165) is 19.3 Å². The molecule has 0 saturated heterocycles. The third-order valence-corrected chi connectivity index (χ3v) is 3.73. The Kier molecular flexibility index (Phi) is 9.33. The molecule has 10 heteroatoms. The van der Waals surface area contributed by atoms with Crippen molar-refractivity contribution in [3.8, 4) is 0 Å². The third-order valence-electron chi connectivity index (χ3n) is 3.73. The number of carbonyl (C=O) groups is 2. The van der Waals surface area contributed by atoms with Gasteiger partial charge in [0.15, 0.2) is 12.4 Å². The minimum atomic E-state index is -1.21. The Labute approximate surface area is 146 Å². The first-order valence-electron chi connectivity index (χ1n) is 8.42. The van der Waals surface area contributed by atoms with E-state index in [9.17, 15) is 14.7 Å². The zero-order chi connectivity index (χ0) is 18.7. The molecule has 1 aromatic heterocycles. The van der Waals surface area contributed by atoms with E-state index in [2.05, 4.69) is 10.9 Å². The third kappa shape index (κ3) is 8.91. The molecular formula is C15H28N6O4. The van der Waals surface area contributed by atoms with Crippen LogP contribution in [-0.2, 0) is 9.59 Å². The van der Waals surface area contributed by atoms with Crippen molar-refractivity contribution in [2.24, 2.45) is 11.5 Å². The molecule has 0 aromatic carbocycles. The van der Waals surface area contributed by atoms with Crippen LogP contribution in [0.2, 0.25) is 0 Å². The van der Waals surface area contributed by atoms with Crippen molar-refractivity contribution in [2.75, 3.05) is 23.9 Å². The minimum absolute atomic E-state index is 0.406. The van der Waals surface area contributed by atoms with Crippen molar-refractivity contribution in [1.29, 1.82) is 0 Å². The topological polar surface area (TPSA) is 162 Å². The molecule has 0 unspecified atom stereocenters. The van der Waals surface area contributed by atoms with Crippen molar-refractivity contribution in [3.05, 3.63) is 18.7 Å². The first-order valence-corrected chi connectivity index (χ1v) is 8.42. The molecule has 142 valence electrons. The van der Waals surface area contributed by atoms with E-state index in [0.29, 0.717) is 32.4 Å². The first-order chi connectivity index (χ1) is 11.9. The van der Waals surface area contributed by atoms with E-state index in [1.54, 1.807) is 9.35 Å². The van der Waals surface area contributed by atoms with Crippen molar-refractivity contribution in [3.63, 3.8) is 0 Å². The summed E-state index contributed by atoms with van der Waals surface area (Å²) in [7, 11) is 0. The van der Waals surface area contributed by atoms with Gasteiger partial charge in [-0.25, -0.2) is 0 Å². The summed E-state index contributed by atoms with van der Waals surface area (Å²) in [4.78, 5) is 21.1. The molecule has 25 heavy (non-hydrogen) atoms. The van der Waals surface area contributed by atoms with Crippen molar-refractivity contribution < 1.29 is 24.5 Å². The lowest BCUT2D eigenvalue weighted by Gasteiger charge is -2.11. The van der Waals surface area contributed by atoms with Crippen LogP contribution in [0.15, 0.2) is 18.7 Å². The molecule has 0 spiro atoms. The maximum Gasteiger partial charge on any atom is 0.320 e. The van der Waals surface area contributed by atoms with E-state index in [4.69, 9.17) is 16.6 Å². The Bertz CT molecular complexity index is 491. The average Bonchev–Trinajstić information content (AvgIpc) is 3.01. The summed E-state index contributed by atoms with van der Waals surface area (Å²) >= 11 is 0. The summed E-state index contributed by atoms with van der Waals surface area (Å²) in [5, 5.41) is 19.2. The maximum absolute atomic E-state index is 10.6. The van der Waals surface area contributed by atoms with Gasteiger partial charge in [-0.2, -0.15) is 0 Å². The van der Waals surface area contributed by atoms with Crippen LogP contribution in [0.1, 0.15) is 38.5 Å². The predicted molar refractivity (Wildman–Crippen MR) is 89.4 cm³/mol. The van der Waals surface area contributed by atoms with Gasteiger partial charge in [0.1, 0.15) is 6.04 Å². The zero-order valence-corrected chi connectivity index (χ0v) is 14.3. The molecule has 0 bridgehead atoms. The highest BCUT2D eigenvalue weighted by Crippen LogP contribution is 1.99. The Hall–Kier alpha value is -2.33. The number of nitrogens with two attached hydrogens (primary N) is 2. The van der Waals surface area contributed by atoms with Gasteiger partial charge in [-0.1, -0.05) is 0 Å². The summed E-state index contributed by atoms with van der Waals surface area (Å²) in [6, 6.07) is -1.69. The van der Waals surface area contributed by atoms with Gasteiger partial charge in [0, 0.05) is 6.04 Å². The number of nitrogens with zero attached hydrogens (tertiary/aromatic N) is 2. The van der Waals surface area contributed by atoms with E-state index < -0.39 is 24.0 Å². The number of nitrogens with one attached hydrogen (secondary N) is 2. The van der Waals surface area contributed by atoms with Crippen molar-refractivity contribution in [2.45, 2.75) is 50.6 Å². The van der Waals surface area contributed by atoms with Gasteiger partial charge in [-0.3, -0.25) is 15.6 Å². The fraction of sp³-hybridized carbons (Fsp3) is 0.667. The lowest BCUT2D eigenvalue weighted by atomic mass is 10.1. The lowest BCUT2D eigenvalue weighted by molar-refractivity contribution is -0.649. The largest absolute Gasteiger partial charge is 0.548 e. The number of unbranched alkanes of at least 4 members (excludes halogenated alkanes) is 2. The molecule has 7 N–H and O–H groups in total. The lowest BCUT2D eigenvalue weighted by Crippen LogP contribution is -2.44. The van der Waals surface area contributed by atoms with E-state index in [1.165, 1.54) is 0 Å².